The molecule has 200 valence electrons. The number of hydrogen-bond acceptors (Lipinski definition) is 7. The van der Waals surface area contributed by atoms with Crippen molar-refractivity contribution in [1.29, 1.82) is 0 Å². The molecule has 1 aromatic rings. The van der Waals surface area contributed by atoms with Crippen LogP contribution in [0, 0.1) is 0 Å². The van der Waals surface area contributed by atoms with Crippen LogP contribution in [0.15, 0.2) is 29.2 Å². The number of amides is 3. The quantitative estimate of drug-likeness (QED) is 0.279. The van der Waals surface area contributed by atoms with Gasteiger partial charge in [0, 0.05) is 24.9 Å². The number of nitrogens with one attached hydrogen (secondary N) is 2. The van der Waals surface area contributed by atoms with Crippen LogP contribution >= 0.6 is 10.2 Å². The first-order valence-electron chi connectivity index (χ1n) is 9.67. The smallest absolute Gasteiger partial charge is 0.410 e. The zero-order valence-electron chi connectivity index (χ0n) is 18.9. The fraction of sp³-hybridized carbons (Fsp3) is 0.500. The van der Waals surface area contributed by atoms with Crippen molar-refractivity contribution in [3.63, 3.8) is 0 Å². The predicted octanol–water partition coefficient (Wildman–Crippen LogP) is 2.98. The lowest BCUT2D eigenvalue weighted by atomic mass is 9.89. The van der Waals surface area contributed by atoms with Gasteiger partial charge in [0.1, 0.15) is 21.3 Å². The normalized spacial score (nSPS) is 18.9. The molecule has 0 bridgehead atoms. The van der Waals surface area contributed by atoms with Crippen LogP contribution in [0.1, 0.15) is 31.1 Å². The van der Waals surface area contributed by atoms with Crippen molar-refractivity contribution in [2.24, 2.45) is 0 Å². The van der Waals surface area contributed by atoms with Crippen LogP contribution in [0.25, 0.3) is 0 Å². The Labute approximate surface area is 197 Å². The first-order chi connectivity index (χ1) is 15.4. The molecule has 0 spiro atoms. The highest BCUT2D eigenvalue weighted by molar-refractivity contribution is 8.45. The Bertz CT molecular complexity index is 1150. The maximum Gasteiger partial charge on any atom is 0.410 e. The highest BCUT2D eigenvalue weighted by Gasteiger charge is 2.65. The zero-order chi connectivity index (χ0) is 27.3. The SMILES string of the molecule is CC(C)(C)OC(=O)N1CC(C(NC(=O)c2ccc(S(F)(F)(F)(F)F)cc2)C(=O)NO)(S(C)(=O)=O)C1. The van der Waals surface area contributed by atoms with Gasteiger partial charge in [0.2, 0.25) is 0 Å². The van der Waals surface area contributed by atoms with Gasteiger partial charge in [-0.3, -0.25) is 14.8 Å². The molecule has 1 fully saturated rings. The summed E-state index contributed by atoms with van der Waals surface area (Å²) in [5, 5.41) is 11.1. The summed E-state index contributed by atoms with van der Waals surface area (Å²) in [7, 11) is -14.2. The van der Waals surface area contributed by atoms with E-state index in [1.807, 2.05) is 5.32 Å². The van der Waals surface area contributed by atoms with Crippen molar-refractivity contribution < 1.29 is 52.2 Å². The fourth-order valence-corrected chi connectivity index (χ4v) is 5.29. The third kappa shape index (κ3) is 6.32. The molecule has 10 nitrogen and oxygen atoms in total. The molecule has 1 aromatic carbocycles. The zero-order valence-corrected chi connectivity index (χ0v) is 20.5. The maximum atomic E-state index is 12.9. The molecule has 1 aliphatic rings. The van der Waals surface area contributed by atoms with Crippen molar-refractivity contribution >= 4 is 38.0 Å². The van der Waals surface area contributed by atoms with E-state index >= 15 is 0 Å². The second kappa shape index (κ2) is 7.92. The van der Waals surface area contributed by atoms with Crippen LogP contribution in [0.4, 0.5) is 24.2 Å². The molecule has 1 unspecified atom stereocenters. The summed E-state index contributed by atoms with van der Waals surface area (Å²) in [6.45, 7) is 3.39. The molecule has 0 aromatic heterocycles. The summed E-state index contributed by atoms with van der Waals surface area (Å²) in [6.07, 6.45) is -0.204. The first kappa shape index (κ1) is 28.6. The van der Waals surface area contributed by atoms with Gasteiger partial charge in [-0.25, -0.2) is 18.7 Å². The number of carbonyl (C=O) groups is 3. The van der Waals surface area contributed by atoms with Crippen LogP contribution in [0.5, 0.6) is 0 Å². The Morgan fingerprint density at radius 2 is 1.57 bits per heavy atom. The molecule has 1 saturated heterocycles. The topological polar surface area (TPSA) is 142 Å². The number of hydroxylamine groups is 1. The minimum atomic E-state index is -10.0. The van der Waals surface area contributed by atoms with Gasteiger partial charge in [-0.15, -0.1) is 0 Å². The van der Waals surface area contributed by atoms with Gasteiger partial charge in [-0.2, -0.15) is 0 Å². The first-order valence-corrected chi connectivity index (χ1v) is 13.5. The molecule has 2 rings (SSSR count). The van der Waals surface area contributed by atoms with E-state index < -0.39 is 77.9 Å². The second-order valence-corrected chi connectivity index (χ2v) is 13.8. The average molecular weight is 554 g/mol. The summed E-state index contributed by atoms with van der Waals surface area (Å²) < 4.78 is 92.7. The lowest BCUT2D eigenvalue weighted by Crippen LogP contribution is -2.77. The summed E-state index contributed by atoms with van der Waals surface area (Å²) >= 11 is 0. The average Bonchev–Trinajstić information content (AvgIpc) is 2.61. The monoisotopic (exact) mass is 553 g/mol. The number of nitrogens with zero attached hydrogens (tertiary/aromatic N) is 1. The molecule has 1 heterocycles. The van der Waals surface area contributed by atoms with E-state index in [9.17, 15) is 42.2 Å². The van der Waals surface area contributed by atoms with Gasteiger partial charge < -0.3 is 15.0 Å². The van der Waals surface area contributed by atoms with Crippen molar-refractivity contribution in [3.05, 3.63) is 29.8 Å². The molecule has 0 saturated carbocycles. The third-order valence-electron chi connectivity index (χ3n) is 5.04. The van der Waals surface area contributed by atoms with E-state index in [-0.39, 0.29) is 12.1 Å². The van der Waals surface area contributed by atoms with E-state index in [1.54, 1.807) is 20.8 Å². The van der Waals surface area contributed by atoms with E-state index in [4.69, 9.17) is 9.94 Å². The lowest BCUT2D eigenvalue weighted by Gasteiger charge is -2.51. The Kier molecular flexibility index (Phi) is 6.47. The van der Waals surface area contributed by atoms with Crippen molar-refractivity contribution in [2.75, 3.05) is 19.3 Å². The van der Waals surface area contributed by atoms with Crippen molar-refractivity contribution in [1.82, 2.24) is 15.7 Å². The molecular formula is C18H24F5N3O7S2. The Morgan fingerprint density at radius 1 is 1.09 bits per heavy atom. The Balaban J connectivity index is 2.36. The summed E-state index contributed by atoms with van der Waals surface area (Å²) in [4.78, 5) is 35.8. The number of halogens is 5. The Hall–Kier alpha value is -2.66. The number of hydrogen-bond donors (Lipinski definition) is 3. The van der Waals surface area contributed by atoms with Crippen LogP contribution in [-0.2, 0) is 19.4 Å². The summed E-state index contributed by atoms with van der Waals surface area (Å²) in [5.74, 6) is -2.71. The van der Waals surface area contributed by atoms with E-state index in [0.29, 0.717) is 18.4 Å². The van der Waals surface area contributed by atoms with Crippen LogP contribution in [0.3, 0.4) is 0 Å². The van der Waals surface area contributed by atoms with Crippen molar-refractivity contribution in [2.45, 2.75) is 42.1 Å². The molecule has 3 N–H and O–H groups in total. The molecule has 0 radical (unpaired) electrons. The Morgan fingerprint density at radius 3 is 1.94 bits per heavy atom. The van der Waals surface area contributed by atoms with Crippen LogP contribution in [-0.4, -0.2) is 72.2 Å². The maximum absolute atomic E-state index is 12.9. The van der Waals surface area contributed by atoms with Gasteiger partial charge in [0.05, 0.1) is 0 Å². The van der Waals surface area contributed by atoms with E-state index in [1.165, 1.54) is 5.48 Å². The van der Waals surface area contributed by atoms with Gasteiger partial charge >= 0.3 is 16.3 Å². The molecule has 35 heavy (non-hydrogen) atoms. The largest absolute Gasteiger partial charge is 0.444 e. The van der Waals surface area contributed by atoms with Gasteiger partial charge in [-0.1, -0.05) is 19.4 Å². The van der Waals surface area contributed by atoms with Gasteiger partial charge in [-0.05, 0) is 45.0 Å². The highest BCUT2D eigenvalue weighted by Crippen LogP contribution is 3.02. The molecule has 3 amide bonds. The third-order valence-corrected chi connectivity index (χ3v) is 8.18. The molecule has 1 atom stereocenters. The highest BCUT2D eigenvalue weighted by atomic mass is 32.5. The van der Waals surface area contributed by atoms with E-state index in [2.05, 4.69) is 0 Å². The number of carbonyl (C=O) groups excluding carboxylic acids is 3. The fourth-order valence-electron chi connectivity index (χ4n) is 3.27. The summed E-state index contributed by atoms with van der Waals surface area (Å²) in [5.41, 5.74) is -0.352. The van der Waals surface area contributed by atoms with E-state index in [0.717, 1.165) is 4.90 Å². The minimum absolute atomic E-state index is 0.0303. The lowest BCUT2D eigenvalue weighted by molar-refractivity contribution is -0.133. The van der Waals surface area contributed by atoms with Crippen LogP contribution < -0.4 is 10.8 Å². The molecule has 1 aliphatic heterocycles. The predicted molar refractivity (Wildman–Crippen MR) is 114 cm³/mol. The number of sulfone groups is 1. The standard InChI is InChI=1S/C18H24F5N3O7S2/c1-17(2,3)33-16(29)26-9-18(10-26,34(4,31)32)13(15(28)25-30)24-14(27)11-5-7-12(8-6-11)35(19,20,21,22)23/h5-8,13,30H,9-10H2,1-4H3,(H,24,27)(H,25,28). The minimum Gasteiger partial charge on any atom is -0.444 e. The van der Waals surface area contributed by atoms with Crippen LogP contribution in [0.2, 0.25) is 0 Å². The number of benzene rings is 1. The number of rotatable bonds is 6. The molecule has 17 heteroatoms. The number of likely N-dealkylation sites (tertiary alicyclic amines) is 1. The van der Waals surface area contributed by atoms with Crippen molar-refractivity contribution in [3.8, 4) is 0 Å². The second-order valence-electron chi connectivity index (χ2n) is 9.05. The number of ether oxygens (including phenoxy) is 1. The van der Waals surface area contributed by atoms with Gasteiger partial charge in [0.15, 0.2) is 9.84 Å². The summed E-state index contributed by atoms with van der Waals surface area (Å²) in [6, 6.07) is -1.26. The molecular weight excluding hydrogens is 529 g/mol. The molecule has 0 aliphatic carbocycles. The van der Waals surface area contributed by atoms with Gasteiger partial charge in [0.25, 0.3) is 11.8 Å².